The summed E-state index contributed by atoms with van der Waals surface area (Å²) in [5, 5.41) is 17.8. The van der Waals surface area contributed by atoms with E-state index < -0.39 is 23.5 Å². The van der Waals surface area contributed by atoms with Crippen LogP contribution in [0.2, 0.25) is 0 Å². The van der Waals surface area contributed by atoms with Gasteiger partial charge in [-0.05, 0) is 58.6 Å². The summed E-state index contributed by atoms with van der Waals surface area (Å²) in [5.74, 6) is -2.24. The first-order valence-electron chi connectivity index (χ1n) is 9.43. The predicted molar refractivity (Wildman–Crippen MR) is 107 cm³/mol. The van der Waals surface area contributed by atoms with Gasteiger partial charge in [0.2, 0.25) is 0 Å². The maximum atomic E-state index is 13.9. The number of aromatic amines is 1. The number of ketones is 1. The molecule has 0 unspecified atom stereocenters. The van der Waals surface area contributed by atoms with Gasteiger partial charge in [0.1, 0.15) is 11.6 Å². The first-order valence-corrected chi connectivity index (χ1v) is 9.43. The molecule has 3 rings (SSSR count). The fraction of sp³-hybridized carbons (Fsp3) is 0.381. The average molecular weight is 400 g/mol. The number of carbonyl (C=O) groups excluding carboxylic acids is 2. The van der Waals surface area contributed by atoms with Crippen molar-refractivity contribution in [3.63, 3.8) is 0 Å². The van der Waals surface area contributed by atoms with Gasteiger partial charge in [-0.15, -0.1) is 0 Å². The Hall–Kier alpha value is -3.00. The molecule has 0 radical (unpaired) electrons. The third kappa shape index (κ3) is 3.93. The number of aryl methyl sites for hydroxylation is 2. The Bertz CT molecular complexity index is 961. The molecular formula is C21H25FN4O3. The van der Waals surface area contributed by atoms with Crippen molar-refractivity contribution in [3.05, 3.63) is 58.2 Å². The fourth-order valence-corrected chi connectivity index (χ4v) is 3.73. The van der Waals surface area contributed by atoms with E-state index in [-0.39, 0.29) is 11.3 Å². The molecule has 0 saturated carbocycles. The number of likely N-dealkylation sites (tertiary alicyclic amines) is 1. The molecule has 2 aromatic rings. The highest BCUT2D eigenvalue weighted by molar-refractivity contribution is 6.46. The average Bonchev–Trinajstić information content (AvgIpc) is 3.12. The molecule has 1 aliphatic rings. The summed E-state index contributed by atoms with van der Waals surface area (Å²) >= 11 is 0. The van der Waals surface area contributed by atoms with E-state index >= 15 is 0 Å². The quantitative estimate of drug-likeness (QED) is 0.442. The van der Waals surface area contributed by atoms with Crippen molar-refractivity contribution in [2.45, 2.75) is 26.3 Å². The minimum absolute atomic E-state index is 0.0435. The monoisotopic (exact) mass is 400 g/mol. The molecule has 0 spiro atoms. The van der Waals surface area contributed by atoms with Gasteiger partial charge in [-0.2, -0.15) is 5.10 Å². The van der Waals surface area contributed by atoms with Gasteiger partial charge in [0.15, 0.2) is 0 Å². The molecular weight excluding hydrogens is 375 g/mol. The Balaban J connectivity index is 2.13. The maximum Gasteiger partial charge on any atom is 0.295 e. The first-order chi connectivity index (χ1) is 13.7. The molecule has 1 atom stereocenters. The third-order valence-corrected chi connectivity index (χ3v) is 5.07. The second-order valence-corrected chi connectivity index (χ2v) is 7.51. The van der Waals surface area contributed by atoms with Crippen molar-refractivity contribution in [2.75, 3.05) is 27.2 Å². The van der Waals surface area contributed by atoms with E-state index in [0.29, 0.717) is 35.5 Å². The van der Waals surface area contributed by atoms with Crippen molar-refractivity contribution in [1.29, 1.82) is 0 Å². The lowest BCUT2D eigenvalue weighted by Gasteiger charge is -2.26. The topological polar surface area (TPSA) is 89.5 Å². The molecule has 1 saturated heterocycles. The fourth-order valence-electron chi connectivity index (χ4n) is 3.73. The molecule has 8 heteroatoms. The second kappa shape index (κ2) is 8.16. The van der Waals surface area contributed by atoms with E-state index in [9.17, 15) is 19.1 Å². The normalized spacial score (nSPS) is 18.8. The van der Waals surface area contributed by atoms with Crippen LogP contribution in [0.4, 0.5) is 4.39 Å². The number of H-pyrrole nitrogens is 1. The highest BCUT2D eigenvalue weighted by Crippen LogP contribution is 2.40. The van der Waals surface area contributed by atoms with Gasteiger partial charge in [-0.1, -0.05) is 12.1 Å². The molecule has 1 aliphatic heterocycles. The number of nitrogens with one attached hydrogen (secondary N) is 1. The number of rotatable bonds is 6. The number of aromatic nitrogens is 2. The molecule has 2 N–H and O–H groups in total. The summed E-state index contributed by atoms with van der Waals surface area (Å²) in [6.07, 6.45) is 0.635. The molecule has 7 nitrogen and oxygen atoms in total. The Morgan fingerprint density at radius 1 is 1.31 bits per heavy atom. The number of nitrogens with zero attached hydrogens (tertiary/aromatic N) is 3. The molecule has 154 valence electrons. The summed E-state index contributed by atoms with van der Waals surface area (Å²) in [6, 6.07) is 4.91. The molecule has 1 amide bonds. The highest BCUT2D eigenvalue weighted by Gasteiger charge is 2.46. The Morgan fingerprint density at radius 2 is 2.03 bits per heavy atom. The number of amides is 1. The molecule has 29 heavy (non-hydrogen) atoms. The number of hydrogen-bond donors (Lipinski definition) is 2. The molecule has 0 aliphatic carbocycles. The second-order valence-electron chi connectivity index (χ2n) is 7.51. The SMILES string of the molecule is Cc1n[nH]c(C)c1/C(O)=C1\C(=O)C(=O)N(CCCN(C)C)[C@H]1c1cccc(F)c1. The number of benzene rings is 1. The summed E-state index contributed by atoms with van der Waals surface area (Å²) < 4.78 is 13.9. The summed E-state index contributed by atoms with van der Waals surface area (Å²) in [5.41, 5.74) is 1.87. The van der Waals surface area contributed by atoms with Gasteiger partial charge >= 0.3 is 0 Å². The molecule has 1 aromatic heterocycles. The molecule has 1 aromatic carbocycles. The van der Waals surface area contributed by atoms with Crippen LogP contribution in [-0.4, -0.2) is 64.0 Å². The zero-order valence-corrected chi connectivity index (χ0v) is 17.0. The minimum Gasteiger partial charge on any atom is -0.507 e. The van der Waals surface area contributed by atoms with Crippen LogP contribution in [0.15, 0.2) is 29.8 Å². The van der Waals surface area contributed by atoms with Crippen molar-refractivity contribution in [1.82, 2.24) is 20.0 Å². The van der Waals surface area contributed by atoms with Gasteiger partial charge in [-0.25, -0.2) is 4.39 Å². The highest BCUT2D eigenvalue weighted by atomic mass is 19.1. The molecule has 2 heterocycles. The summed E-state index contributed by atoms with van der Waals surface area (Å²) in [6.45, 7) is 4.45. The van der Waals surface area contributed by atoms with Crippen molar-refractivity contribution < 1.29 is 19.1 Å². The number of carbonyl (C=O) groups is 2. The standard InChI is InChI=1S/C21H25FN4O3/c1-12-16(13(2)24-23-12)19(27)17-18(14-7-5-8-15(22)11-14)26(21(29)20(17)28)10-6-9-25(3)4/h5,7-8,11,18,27H,6,9-10H2,1-4H3,(H,23,24)/b19-17+/t18-/m0/s1. The van der Waals surface area contributed by atoms with E-state index in [1.54, 1.807) is 19.9 Å². The zero-order valence-electron chi connectivity index (χ0n) is 17.0. The molecule has 0 bridgehead atoms. The van der Waals surface area contributed by atoms with E-state index in [1.807, 2.05) is 19.0 Å². The number of halogens is 1. The Kier molecular flexibility index (Phi) is 5.83. The van der Waals surface area contributed by atoms with Crippen molar-refractivity contribution in [3.8, 4) is 0 Å². The largest absolute Gasteiger partial charge is 0.507 e. The predicted octanol–water partition coefficient (Wildman–Crippen LogP) is 2.54. The summed E-state index contributed by atoms with van der Waals surface area (Å²) in [7, 11) is 3.84. The minimum atomic E-state index is -0.860. The van der Waals surface area contributed by atoms with Crippen LogP contribution < -0.4 is 0 Å². The van der Waals surface area contributed by atoms with Crippen LogP contribution in [0.25, 0.3) is 5.76 Å². The maximum absolute atomic E-state index is 13.9. The van der Waals surface area contributed by atoms with Gasteiger partial charge in [0, 0.05) is 12.2 Å². The van der Waals surface area contributed by atoms with Gasteiger partial charge in [0.25, 0.3) is 11.7 Å². The van der Waals surface area contributed by atoms with Crippen molar-refractivity contribution in [2.24, 2.45) is 0 Å². The lowest BCUT2D eigenvalue weighted by atomic mass is 9.94. The molecule has 1 fully saturated rings. The van der Waals surface area contributed by atoms with E-state index in [4.69, 9.17) is 0 Å². The van der Waals surface area contributed by atoms with Gasteiger partial charge in [-0.3, -0.25) is 14.7 Å². The third-order valence-electron chi connectivity index (χ3n) is 5.07. The van der Waals surface area contributed by atoms with Crippen molar-refractivity contribution >= 4 is 17.4 Å². The van der Waals surface area contributed by atoms with E-state index in [2.05, 4.69) is 10.2 Å². The van der Waals surface area contributed by atoms with Crippen LogP contribution in [0, 0.1) is 19.7 Å². The zero-order chi connectivity index (χ0) is 21.3. The number of Topliss-reactive ketones (excluding diaryl/α,β-unsaturated/α-hetero) is 1. The van der Waals surface area contributed by atoms with Gasteiger partial charge < -0.3 is 14.9 Å². The van der Waals surface area contributed by atoms with Crippen LogP contribution in [0.3, 0.4) is 0 Å². The van der Waals surface area contributed by atoms with Crippen LogP contribution in [0.1, 0.15) is 35.0 Å². The van der Waals surface area contributed by atoms with Crippen LogP contribution in [-0.2, 0) is 9.59 Å². The lowest BCUT2D eigenvalue weighted by molar-refractivity contribution is -0.139. The Morgan fingerprint density at radius 3 is 2.62 bits per heavy atom. The smallest absolute Gasteiger partial charge is 0.295 e. The van der Waals surface area contributed by atoms with Crippen LogP contribution >= 0.6 is 0 Å². The number of aliphatic hydroxyl groups excluding tert-OH is 1. The number of hydrogen-bond acceptors (Lipinski definition) is 5. The lowest BCUT2D eigenvalue weighted by Crippen LogP contribution is -2.32. The van der Waals surface area contributed by atoms with Crippen LogP contribution in [0.5, 0.6) is 0 Å². The van der Waals surface area contributed by atoms with E-state index in [1.165, 1.54) is 23.1 Å². The first kappa shape index (κ1) is 20.7. The van der Waals surface area contributed by atoms with E-state index in [0.717, 1.165) is 6.54 Å². The Labute approximate surface area is 168 Å². The van der Waals surface area contributed by atoms with Gasteiger partial charge in [0.05, 0.1) is 22.9 Å². The summed E-state index contributed by atoms with van der Waals surface area (Å²) in [4.78, 5) is 29.1. The number of aliphatic hydroxyl groups is 1.